The maximum Gasteiger partial charge on any atom is 0.240 e. The maximum absolute atomic E-state index is 12.1. The average Bonchev–Trinajstić information content (AvgIpc) is 2.32. The summed E-state index contributed by atoms with van der Waals surface area (Å²) in [5.41, 5.74) is 1.04. The smallest absolute Gasteiger partial charge is 0.240 e. The van der Waals surface area contributed by atoms with Crippen LogP contribution >= 0.6 is 15.9 Å². The van der Waals surface area contributed by atoms with Gasteiger partial charge in [0, 0.05) is 18.1 Å². The van der Waals surface area contributed by atoms with Crippen LogP contribution in [0.25, 0.3) is 0 Å². The van der Waals surface area contributed by atoms with Gasteiger partial charge in [0.2, 0.25) is 5.91 Å². The van der Waals surface area contributed by atoms with E-state index < -0.39 is 5.92 Å². The van der Waals surface area contributed by atoms with Gasteiger partial charge >= 0.3 is 0 Å². The summed E-state index contributed by atoms with van der Waals surface area (Å²) in [5, 5.41) is 9.03. The van der Waals surface area contributed by atoms with Crippen molar-refractivity contribution in [1.82, 2.24) is 4.90 Å². The van der Waals surface area contributed by atoms with Crippen LogP contribution in [0.5, 0.6) is 0 Å². The predicted octanol–water partition coefficient (Wildman–Crippen LogP) is 3.20. The number of nitriles is 1. The SMILES string of the molecule is CC(C)C(C#N)C(=O)N(C)Cc1ccccc1Br. The molecule has 4 heteroatoms. The van der Waals surface area contributed by atoms with Crippen LogP contribution in [0, 0.1) is 23.2 Å². The lowest BCUT2D eigenvalue weighted by atomic mass is 9.96. The summed E-state index contributed by atoms with van der Waals surface area (Å²) in [6.07, 6.45) is 0. The average molecular weight is 309 g/mol. The standard InChI is InChI=1S/C14H17BrN2O/c1-10(2)12(8-16)14(18)17(3)9-11-6-4-5-7-13(11)15/h4-7,10,12H,9H2,1-3H3. The first-order chi connectivity index (χ1) is 8.47. The molecule has 0 bridgehead atoms. The van der Waals surface area contributed by atoms with Crippen LogP contribution in [0.1, 0.15) is 19.4 Å². The highest BCUT2D eigenvalue weighted by atomic mass is 79.9. The normalized spacial score (nSPS) is 12.0. The monoisotopic (exact) mass is 308 g/mol. The van der Waals surface area contributed by atoms with Crippen LogP contribution in [-0.2, 0) is 11.3 Å². The van der Waals surface area contributed by atoms with E-state index in [0.717, 1.165) is 10.0 Å². The van der Waals surface area contributed by atoms with E-state index in [1.807, 2.05) is 38.1 Å². The van der Waals surface area contributed by atoms with Gasteiger partial charge in [0.05, 0.1) is 6.07 Å². The summed E-state index contributed by atoms with van der Waals surface area (Å²) in [5.74, 6) is -0.662. The minimum Gasteiger partial charge on any atom is -0.340 e. The fraction of sp³-hybridized carbons (Fsp3) is 0.429. The molecule has 1 amide bonds. The zero-order valence-electron chi connectivity index (χ0n) is 10.9. The van der Waals surface area contributed by atoms with E-state index in [4.69, 9.17) is 5.26 Å². The largest absolute Gasteiger partial charge is 0.340 e. The van der Waals surface area contributed by atoms with E-state index in [1.165, 1.54) is 0 Å². The first-order valence-electron chi connectivity index (χ1n) is 5.85. The van der Waals surface area contributed by atoms with Crippen LogP contribution in [0.15, 0.2) is 28.7 Å². The number of carbonyl (C=O) groups excluding carboxylic acids is 1. The number of hydrogen-bond acceptors (Lipinski definition) is 2. The Labute approximate surface area is 117 Å². The second kappa shape index (κ2) is 6.55. The van der Waals surface area contributed by atoms with Gasteiger partial charge in [-0.2, -0.15) is 5.26 Å². The maximum atomic E-state index is 12.1. The van der Waals surface area contributed by atoms with Gasteiger partial charge in [-0.1, -0.05) is 48.0 Å². The third-order valence-electron chi connectivity index (χ3n) is 2.81. The molecule has 0 saturated carbocycles. The van der Waals surface area contributed by atoms with Crippen molar-refractivity contribution in [3.05, 3.63) is 34.3 Å². The molecular formula is C14H17BrN2O. The summed E-state index contributed by atoms with van der Waals surface area (Å²) < 4.78 is 0.975. The molecule has 0 aliphatic rings. The molecule has 0 aliphatic carbocycles. The van der Waals surface area contributed by atoms with Crippen LogP contribution in [0.2, 0.25) is 0 Å². The van der Waals surface area contributed by atoms with E-state index in [1.54, 1.807) is 11.9 Å². The molecule has 1 aromatic rings. The topological polar surface area (TPSA) is 44.1 Å². The highest BCUT2D eigenvalue weighted by molar-refractivity contribution is 9.10. The fourth-order valence-corrected chi connectivity index (χ4v) is 2.10. The Morgan fingerprint density at radius 1 is 1.44 bits per heavy atom. The Balaban J connectivity index is 2.78. The molecule has 0 aliphatic heterocycles. The van der Waals surface area contributed by atoms with Crippen molar-refractivity contribution in [2.45, 2.75) is 20.4 Å². The van der Waals surface area contributed by atoms with Crippen molar-refractivity contribution in [1.29, 1.82) is 5.26 Å². The van der Waals surface area contributed by atoms with Gasteiger partial charge in [-0.15, -0.1) is 0 Å². The van der Waals surface area contributed by atoms with Crippen molar-refractivity contribution in [3.63, 3.8) is 0 Å². The Kier molecular flexibility index (Phi) is 5.36. The van der Waals surface area contributed by atoms with E-state index >= 15 is 0 Å². The zero-order valence-corrected chi connectivity index (χ0v) is 12.4. The van der Waals surface area contributed by atoms with Crippen LogP contribution in [0.4, 0.5) is 0 Å². The summed E-state index contributed by atoms with van der Waals surface area (Å²) in [6.45, 7) is 4.28. The number of carbonyl (C=O) groups is 1. The van der Waals surface area contributed by atoms with Crippen molar-refractivity contribution in [2.24, 2.45) is 11.8 Å². The van der Waals surface area contributed by atoms with Gasteiger partial charge in [-0.05, 0) is 17.5 Å². The minimum absolute atomic E-state index is 0.0316. The van der Waals surface area contributed by atoms with Crippen LogP contribution < -0.4 is 0 Å². The predicted molar refractivity (Wildman–Crippen MR) is 74.6 cm³/mol. The molecule has 1 rings (SSSR count). The summed E-state index contributed by atoms with van der Waals surface area (Å²) in [6, 6.07) is 9.85. The molecule has 0 radical (unpaired) electrons. The summed E-state index contributed by atoms with van der Waals surface area (Å²) >= 11 is 3.45. The third kappa shape index (κ3) is 3.58. The number of hydrogen-bond donors (Lipinski definition) is 0. The van der Waals surface area contributed by atoms with E-state index in [9.17, 15) is 4.79 Å². The second-order valence-electron chi connectivity index (χ2n) is 4.64. The van der Waals surface area contributed by atoms with Gasteiger partial charge in [0.15, 0.2) is 0 Å². The van der Waals surface area contributed by atoms with E-state index in [-0.39, 0.29) is 11.8 Å². The number of benzene rings is 1. The molecule has 0 aromatic heterocycles. The fourth-order valence-electron chi connectivity index (χ4n) is 1.69. The molecule has 0 saturated heterocycles. The molecular weight excluding hydrogens is 292 g/mol. The number of rotatable bonds is 4. The summed E-state index contributed by atoms with van der Waals surface area (Å²) in [4.78, 5) is 13.7. The first-order valence-corrected chi connectivity index (χ1v) is 6.64. The molecule has 18 heavy (non-hydrogen) atoms. The van der Waals surface area contributed by atoms with Crippen molar-refractivity contribution in [2.75, 3.05) is 7.05 Å². The van der Waals surface area contributed by atoms with Crippen LogP contribution in [0.3, 0.4) is 0 Å². The lowest BCUT2D eigenvalue weighted by molar-refractivity contribution is -0.134. The lowest BCUT2D eigenvalue weighted by Crippen LogP contribution is -2.34. The first kappa shape index (κ1) is 14.7. The quantitative estimate of drug-likeness (QED) is 0.857. The van der Waals surface area contributed by atoms with E-state index in [0.29, 0.717) is 6.54 Å². The Morgan fingerprint density at radius 3 is 2.56 bits per heavy atom. The number of amides is 1. The molecule has 3 nitrogen and oxygen atoms in total. The Hall–Kier alpha value is -1.34. The molecule has 0 spiro atoms. The molecule has 1 unspecified atom stereocenters. The molecule has 1 aromatic carbocycles. The van der Waals surface area contributed by atoms with Crippen molar-refractivity contribution in [3.8, 4) is 6.07 Å². The Bertz CT molecular complexity index is 465. The highest BCUT2D eigenvalue weighted by Gasteiger charge is 2.25. The van der Waals surface area contributed by atoms with Crippen molar-refractivity contribution >= 4 is 21.8 Å². The van der Waals surface area contributed by atoms with Gasteiger partial charge in [-0.25, -0.2) is 0 Å². The highest BCUT2D eigenvalue weighted by Crippen LogP contribution is 2.19. The lowest BCUT2D eigenvalue weighted by Gasteiger charge is -2.22. The van der Waals surface area contributed by atoms with Gasteiger partial charge in [0.1, 0.15) is 5.92 Å². The molecule has 0 fully saturated rings. The number of halogens is 1. The third-order valence-corrected chi connectivity index (χ3v) is 3.59. The molecule has 96 valence electrons. The van der Waals surface area contributed by atoms with E-state index in [2.05, 4.69) is 22.0 Å². The number of nitrogens with zero attached hydrogens (tertiary/aromatic N) is 2. The van der Waals surface area contributed by atoms with Gasteiger partial charge < -0.3 is 4.90 Å². The molecule has 0 heterocycles. The van der Waals surface area contributed by atoms with Crippen molar-refractivity contribution < 1.29 is 4.79 Å². The second-order valence-corrected chi connectivity index (χ2v) is 5.49. The Morgan fingerprint density at radius 2 is 2.06 bits per heavy atom. The molecule has 1 atom stereocenters. The van der Waals surface area contributed by atoms with Gasteiger partial charge in [-0.3, -0.25) is 4.79 Å². The zero-order chi connectivity index (χ0) is 13.7. The minimum atomic E-state index is -0.572. The molecule has 0 N–H and O–H groups in total. The summed E-state index contributed by atoms with van der Waals surface area (Å²) in [7, 11) is 1.73. The van der Waals surface area contributed by atoms with Crippen LogP contribution in [-0.4, -0.2) is 17.9 Å². The van der Waals surface area contributed by atoms with Gasteiger partial charge in [0.25, 0.3) is 0 Å².